The molecule has 1 aromatic rings. The van der Waals surface area contributed by atoms with E-state index in [0.717, 1.165) is 0 Å². The standard InChI is InChI=1S/C9H9Cl2NOS/c10-4-1-2-5-12-9(13)8-7(11)3-6-14-8/h1-3,6H,4-5H2,(H,12,13)/b2-1+. The molecule has 0 spiro atoms. The summed E-state index contributed by atoms with van der Waals surface area (Å²) in [6.45, 7) is 0.472. The first kappa shape index (κ1) is 11.6. The van der Waals surface area contributed by atoms with Crippen molar-refractivity contribution >= 4 is 40.4 Å². The maximum atomic E-state index is 11.4. The molecule has 1 amide bonds. The van der Waals surface area contributed by atoms with Crippen molar-refractivity contribution in [2.75, 3.05) is 12.4 Å². The molecule has 0 unspecified atom stereocenters. The van der Waals surface area contributed by atoms with E-state index in [4.69, 9.17) is 23.2 Å². The molecule has 0 atom stereocenters. The lowest BCUT2D eigenvalue weighted by Gasteiger charge is -1.99. The molecule has 0 aliphatic heterocycles. The molecule has 1 rings (SSSR count). The number of hydrogen-bond donors (Lipinski definition) is 1. The Balaban J connectivity index is 2.44. The van der Waals surface area contributed by atoms with Crippen LogP contribution in [0.5, 0.6) is 0 Å². The number of halogens is 2. The molecule has 0 radical (unpaired) electrons. The van der Waals surface area contributed by atoms with Gasteiger partial charge in [-0.2, -0.15) is 0 Å². The highest BCUT2D eigenvalue weighted by molar-refractivity contribution is 7.12. The molecule has 76 valence electrons. The molecular formula is C9H9Cl2NOS. The second-order valence-corrected chi connectivity index (χ2v) is 4.07. The summed E-state index contributed by atoms with van der Waals surface area (Å²) >= 11 is 12.5. The molecule has 1 N–H and O–H groups in total. The van der Waals surface area contributed by atoms with Crippen LogP contribution in [0.1, 0.15) is 9.67 Å². The third-order valence-corrected chi connectivity index (χ3v) is 2.98. The predicted molar refractivity (Wildman–Crippen MR) is 61.5 cm³/mol. The smallest absolute Gasteiger partial charge is 0.263 e. The predicted octanol–water partition coefficient (Wildman–Crippen LogP) is 2.93. The molecule has 0 aromatic carbocycles. The lowest BCUT2D eigenvalue weighted by atomic mass is 10.4. The van der Waals surface area contributed by atoms with E-state index in [2.05, 4.69) is 5.32 Å². The van der Waals surface area contributed by atoms with Gasteiger partial charge < -0.3 is 5.32 Å². The Kier molecular flexibility index (Phi) is 5.01. The summed E-state index contributed by atoms with van der Waals surface area (Å²) in [4.78, 5) is 12.0. The first-order valence-corrected chi connectivity index (χ1v) is 5.77. The lowest BCUT2D eigenvalue weighted by molar-refractivity contribution is 0.0962. The Labute approximate surface area is 96.5 Å². The molecule has 5 heteroatoms. The highest BCUT2D eigenvalue weighted by atomic mass is 35.5. The number of carbonyl (C=O) groups excluding carboxylic acids is 1. The van der Waals surface area contributed by atoms with Gasteiger partial charge in [0.2, 0.25) is 0 Å². The Morgan fingerprint density at radius 1 is 1.57 bits per heavy atom. The van der Waals surface area contributed by atoms with E-state index in [-0.39, 0.29) is 5.91 Å². The van der Waals surface area contributed by atoms with Gasteiger partial charge in [-0.25, -0.2) is 0 Å². The number of hydrogen-bond acceptors (Lipinski definition) is 2. The zero-order valence-electron chi connectivity index (χ0n) is 7.30. The van der Waals surface area contributed by atoms with Crippen LogP contribution in [0.25, 0.3) is 0 Å². The van der Waals surface area contributed by atoms with Gasteiger partial charge in [-0.1, -0.05) is 23.8 Å². The molecule has 2 nitrogen and oxygen atoms in total. The van der Waals surface area contributed by atoms with Gasteiger partial charge in [0, 0.05) is 12.4 Å². The summed E-state index contributed by atoms with van der Waals surface area (Å²) in [6.07, 6.45) is 3.57. The van der Waals surface area contributed by atoms with Crippen LogP contribution in [0.3, 0.4) is 0 Å². The summed E-state index contributed by atoms with van der Waals surface area (Å²) in [6, 6.07) is 1.70. The molecule has 14 heavy (non-hydrogen) atoms. The second-order valence-electron chi connectivity index (χ2n) is 2.43. The fraction of sp³-hybridized carbons (Fsp3) is 0.222. The van der Waals surface area contributed by atoms with Gasteiger partial charge in [0.25, 0.3) is 5.91 Å². The van der Waals surface area contributed by atoms with Crippen LogP contribution in [0.4, 0.5) is 0 Å². The quantitative estimate of drug-likeness (QED) is 0.646. The molecule has 0 aliphatic rings. The Bertz CT molecular complexity index is 335. The maximum absolute atomic E-state index is 11.4. The van der Waals surface area contributed by atoms with Gasteiger partial charge in [-0.15, -0.1) is 22.9 Å². The molecule has 0 bridgehead atoms. The van der Waals surface area contributed by atoms with Gasteiger partial charge in [-0.3, -0.25) is 4.79 Å². The summed E-state index contributed by atoms with van der Waals surface area (Å²) in [7, 11) is 0. The van der Waals surface area contributed by atoms with E-state index >= 15 is 0 Å². The SMILES string of the molecule is O=C(NC/C=C/CCl)c1sccc1Cl. The van der Waals surface area contributed by atoms with E-state index < -0.39 is 0 Å². The van der Waals surface area contributed by atoms with E-state index in [9.17, 15) is 4.79 Å². The van der Waals surface area contributed by atoms with Crippen molar-refractivity contribution in [1.82, 2.24) is 5.32 Å². The Morgan fingerprint density at radius 3 is 2.93 bits per heavy atom. The van der Waals surface area contributed by atoms with Crippen molar-refractivity contribution < 1.29 is 4.79 Å². The van der Waals surface area contributed by atoms with E-state index in [1.807, 2.05) is 0 Å². The third-order valence-electron chi connectivity index (χ3n) is 1.46. The molecular weight excluding hydrogens is 241 g/mol. The van der Waals surface area contributed by atoms with Crippen molar-refractivity contribution in [3.63, 3.8) is 0 Å². The van der Waals surface area contributed by atoms with Gasteiger partial charge in [-0.05, 0) is 11.4 Å². The van der Waals surface area contributed by atoms with Crippen LogP contribution < -0.4 is 5.32 Å². The minimum Gasteiger partial charge on any atom is -0.348 e. The zero-order chi connectivity index (χ0) is 10.4. The zero-order valence-corrected chi connectivity index (χ0v) is 9.62. The maximum Gasteiger partial charge on any atom is 0.263 e. The van der Waals surface area contributed by atoms with Crippen molar-refractivity contribution in [3.8, 4) is 0 Å². The van der Waals surface area contributed by atoms with Crippen molar-refractivity contribution in [1.29, 1.82) is 0 Å². The molecule has 0 saturated carbocycles. The molecule has 0 saturated heterocycles. The average Bonchev–Trinajstić information content (AvgIpc) is 2.59. The minimum atomic E-state index is -0.149. The highest BCUT2D eigenvalue weighted by Gasteiger charge is 2.09. The topological polar surface area (TPSA) is 29.1 Å². The number of alkyl halides is 1. The van der Waals surface area contributed by atoms with Crippen molar-refractivity contribution in [2.24, 2.45) is 0 Å². The van der Waals surface area contributed by atoms with Crippen molar-refractivity contribution in [2.45, 2.75) is 0 Å². The van der Waals surface area contributed by atoms with Gasteiger partial charge in [0.05, 0.1) is 5.02 Å². The monoisotopic (exact) mass is 249 g/mol. The number of carbonyl (C=O) groups is 1. The number of amides is 1. The number of thiophene rings is 1. The lowest BCUT2D eigenvalue weighted by Crippen LogP contribution is -2.22. The minimum absolute atomic E-state index is 0.149. The highest BCUT2D eigenvalue weighted by Crippen LogP contribution is 2.21. The largest absolute Gasteiger partial charge is 0.348 e. The van der Waals surface area contributed by atoms with Crippen LogP contribution in [-0.4, -0.2) is 18.3 Å². The van der Waals surface area contributed by atoms with E-state index in [1.54, 1.807) is 23.6 Å². The Hall–Kier alpha value is -0.510. The molecule has 1 aromatic heterocycles. The van der Waals surface area contributed by atoms with Crippen LogP contribution in [0, 0.1) is 0 Å². The second kappa shape index (κ2) is 6.06. The van der Waals surface area contributed by atoms with Gasteiger partial charge >= 0.3 is 0 Å². The summed E-state index contributed by atoms with van der Waals surface area (Å²) < 4.78 is 0. The first-order chi connectivity index (χ1) is 6.75. The fourth-order valence-corrected chi connectivity index (χ4v) is 2.02. The summed E-state index contributed by atoms with van der Waals surface area (Å²) in [5.41, 5.74) is 0. The fourth-order valence-electron chi connectivity index (χ4n) is 0.834. The van der Waals surface area contributed by atoms with E-state index in [1.165, 1.54) is 11.3 Å². The number of allylic oxidation sites excluding steroid dienone is 1. The number of nitrogens with one attached hydrogen (secondary N) is 1. The first-order valence-electron chi connectivity index (χ1n) is 3.98. The van der Waals surface area contributed by atoms with Crippen molar-refractivity contribution in [3.05, 3.63) is 33.5 Å². The summed E-state index contributed by atoms with van der Waals surface area (Å²) in [5, 5.41) is 4.98. The Morgan fingerprint density at radius 2 is 2.36 bits per heavy atom. The summed E-state index contributed by atoms with van der Waals surface area (Å²) in [5.74, 6) is 0.305. The third kappa shape index (κ3) is 3.33. The van der Waals surface area contributed by atoms with Crippen LogP contribution in [0.2, 0.25) is 5.02 Å². The van der Waals surface area contributed by atoms with Crippen LogP contribution >= 0.6 is 34.5 Å². The van der Waals surface area contributed by atoms with Crippen LogP contribution in [0.15, 0.2) is 23.6 Å². The van der Waals surface area contributed by atoms with Gasteiger partial charge in [0.15, 0.2) is 0 Å². The van der Waals surface area contributed by atoms with Crippen LogP contribution in [-0.2, 0) is 0 Å². The number of rotatable bonds is 4. The normalized spacial score (nSPS) is 10.7. The molecule has 0 fully saturated rings. The van der Waals surface area contributed by atoms with Gasteiger partial charge in [0.1, 0.15) is 4.88 Å². The average molecular weight is 250 g/mol. The van der Waals surface area contributed by atoms with E-state index in [0.29, 0.717) is 22.3 Å². The molecule has 0 aliphatic carbocycles. The molecule has 1 heterocycles.